The van der Waals surface area contributed by atoms with E-state index < -0.39 is 0 Å². The molecule has 1 saturated heterocycles. The van der Waals surface area contributed by atoms with Gasteiger partial charge in [-0.1, -0.05) is 20.4 Å². The maximum absolute atomic E-state index is 4.20. The zero-order chi connectivity index (χ0) is 12.3. The van der Waals surface area contributed by atoms with Crippen molar-refractivity contribution in [3.05, 3.63) is 12.2 Å². The van der Waals surface area contributed by atoms with E-state index in [0.717, 1.165) is 31.0 Å². The molecule has 1 N–H and O–H groups in total. The van der Waals surface area contributed by atoms with Crippen molar-refractivity contribution >= 4 is 0 Å². The Hall–Kier alpha value is -0.340. The number of nitrogens with zero attached hydrogens (tertiary/aromatic N) is 1. The zero-order valence-corrected chi connectivity index (χ0v) is 11.5. The second-order valence-electron chi connectivity index (χ2n) is 6.26. The van der Waals surface area contributed by atoms with Crippen LogP contribution in [0, 0.1) is 11.8 Å². The summed E-state index contributed by atoms with van der Waals surface area (Å²) in [5, 5.41) is 3.55. The monoisotopic (exact) mass is 236 g/mol. The van der Waals surface area contributed by atoms with Gasteiger partial charge in [0.2, 0.25) is 0 Å². The highest BCUT2D eigenvalue weighted by atomic mass is 15.1. The molecule has 98 valence electrons. The Morgan fingerprint density at radius 1 is 1.24 bits per heavy atom. The summed E-state index contributed by atoms with van der Waals surface area (Å²) in [6.45, 7) is 13.6. The summed E-state index contributed by atoms with van der Waals surface area (Å²) in [6, 6.07) is 0.804. The molecule has 1 heterocycles. The predicted molar refractivity (Wildman–Crippen MR) is 74.2 cm³/mol. The van der Waals surface area contributed by atoms with Crippen LogP contribution in [0.1, 0.15) is 39.5 Å². The minimum Gasteiger partial charge on any atom is -0.310 e. The fraction of sp³-hybridized carbons (Fsp3) is 0.867. The third-order valence-corrected chi connectivity index (χ3v) is 4.24. The van der Waals surface area contributed by atoms with Gasteiger partial charge in [-0.15, -0.1) is 0 Å². The molecule has 0 radical (unpaired) electrons. The minimum atomic E-state index is 0.804. The Labute approximate surface area is 106 Å². The molecule has 0 atom stereocenters. The summed E-state index contributed by atoms with van der Waals surface area (Å²) < 4.78 is 0. The first kappa shape index (κ1) is 13.1. The lowest BCUT2D eigenvalue weighted by Crippen LogP contribution is -2.37. The van der Waals surface area contributed by atoms with E-state index >= 15 is 0 Å². The van der Waals surface area contributed by atoms with Crippen molar-refractivity contribution in [1.29, 1.82) is 0 Å². The molecule has 2 nitrogen and oxygen atoms in total. The molecule has 0 unspecified atom stereocenters. The Bertz CT molecular complexity index is 248. The van der Waals surface area contributed by atoms with Crippen LogP contribution < -0.4 is 5.32 Å². The second-order valence-corrected chi connectivity index (χ2v) is 6.26. The Balaban J connectivity index is 1.61. The maximum atomic E-state index is 4.20. The highest BCUT2D eigenvalue weighted by Gasteiger charge is 2.23. The number of rotatable bonds is 6. The third kappa shape index (κ3) is 4.44. The lowest BCUT2D eigenvalue weighted by molar-refractivity contribution is 0.167. The average Bonchev–Trinajstić information content (AvgIpc) is 3.11. The van der Waals surface area contributed by atoms with Gasteiger partial charge in [-0.3, -0.25) is 4.90 Å². The van der Waals surface area contributed by atoms with Gasteiger partial charge in [0, 0.05) is 19.1 Å². The van der Waals surface area contributed by atoms with Gasteiger partial charge in [0.25, 0.3) is 0 Å². The molecule has 0 aromatic heterocycles. The van der Waals surface area contributed by atoms with Gasteiger partial charge in [-0.25, -0.2) is 0 Å². The molecule has 17 heavy (non-hydrogen) atoms. The minimum absolute atomic E-state index is 0.804. The summed E-state index contributed by atoms with van der Waals surface area (Å²) in [6.07, 6.45) is 5.49. The molecule has 0 amide bonds. The predicted octanol–water partition coefficient (Wildman–Crippen LogP) is 2.66. The SMILES string of the molecule is C=C(CNC1CC1)CN1CCC(C(C)C)CC1. The molecule has 2 fully saturated rings. The van der Waals surface area contributed by atoms with E-state index in [1.165, 1.54) is 44.3 Å². The topological polar surface area (TPSA) is 15.3 Å². The van der Waals surface area contributed by atoms with Gasteiger partial charge in [-0.2, -0.15) is 0 Å². The van der Waals surface area contributed by atoms with Gasteiger partial charge in [0.15, 0.2) is 0 Å². The van der Waals surface area contributed by atoms with Crippen LogP contribution in [0.15, 0.2) is 12.2 Å². The van der Waals surface area contributed by atoms with Crippen LogP contribution >= 0.6 is 0 Å². The molecule has 0 aromatic rings. The van der Waals surface area contributed by atoms with Crippen molar-refractivity contribution < 1.29 is 0 Å². The van der Waals surface area contributed by atoms with Crippen molar-refractivity contribution in [3.8, 4) is 0 Å². The van der Waals surface area contributed by atoms with Gasteiger partial charge < -0.3 is 5.32 Å². The van der Waals surface area contributed by atoms with Gasteiger partial charge in [0.05, 0.1) is 0 Å². The van der Waals surface area contributed by atoms with E-state index in [0.29, 0.717) is 0 Å². The molecule has 2 aliphatic rings. The van der Waals surface area contributed by atoms with E-state index in [9.17, 15) is 0 Å². The molecular formula is C15H28N2. The summed E-state index contributed by atoms with van der Waals surface area (Å²) >= 11 is 0. The van der Waals surface area contributed by atoms with E-state index in [1.54, 1.807) is 0 Å². The first-order valence-corrected chi connectivity index (χ1v) is 7.27. The first-order valence-electron chi connectivity index (χ1n) is 7.27. The number of hydrogen-bond acceptors (Lipinski definition) is 2. The maximum Gasteiger partial charge on any atom is 0.0202 e. The molecule has 1 aliphatic carbocycles. The van der Waals surface area contributed by atoms with E-state index in [2.05, 4.69) is 30.6 Å². The molecule has 0 aromatic carbocycles. The van der Waals surface area contributed by atoms with E-state index in [4.69, 9.17) is 0 Å². The number of piperidine rings is 1. The van der Waals surface area contributed by atoms with Crippen LogP contribution in [0.3, 0.4) is 0 Å². The lowest BCUT2D eigenvalue weighted by Gasteiger charge is -2.34. The first-order chi connectivity index (χ1) is 8.15. The highest BCUT2D eigenvalue weighted by molar-refractivity contribution is 5.02. The Morgan fingerprint density at radius 2 is 1.88 bits per heavy atom. The van der Waals surface area contributed by atoms with Crippen molar-refractivity contribution in [2.24, 2.45) is 11.8 Å². The smallest absolute Gasteiger partial charge is 0.0202 e. The van der Waals surface area contributed by atoms with Crippen molar-refractivity contribution in [3.63, 3.8) is 0 Å². The van der Waals surface area contributed by atoms with Crippen LogP contribution in [-0.4, -0.2) is 37.1 Å². The third-order valence-electron chi connectivity index (χ3n) is 4.24. The lowest BCUT2D eigenvalue weighted by atomic mass is 9.86. The molecule has 0 bridgehead atoms. The molecule has 1 saturated carbocycles. The zero-order valence-electron chi connectivity index (χ0n) is 11.5. The van der Waals surface area contributed by atoms with Crippen LogP contribution in [0.25, 0.3) is 0 Å². The quantitative estimate of drug-likeness (QED) is 0.713. The van der Waals surface area contributed by atoms with Crippen LogP contribution in [-0.2, 0) is 0 Å². The fourth-order valence-corrected chi connectivity index (χ4v) is 2.73. The van der Waals surface area contributed by atoms with Crippen LogP contribution in [0.2, 0.25) is 0 Å². The number of likely N-dealkylation sites (tertiary alicyclic amines) is 1. The number of hydrogen-bond donors (Lipinski definition) is 1. The fourth-order valence-electron chi connectivity index (χ4n) is 2.73. The summed E-state index contributed by atoms with van der Waals surface area (Å²) in [5.41, 5.74) is 1.36. The Kier molecular flexibility index (Phi) is 4.63. The second kappa shape index (κ2) is 6.01. The van der Waals surface area contributed by atoms with Crippen molar-refractivity contribution in [1.82, 2.24) is 10.2 Å². The van der Waals surface area contributed by atoms with Gasteiger partial charge in [0.1, 0.15) is 0 Å². The molecular weight excluding hydrogens is 208 g/mol. The standard InChI is InChI=1S/C15H28N2/c1-12(2)14-6-8-17(9-7-14)11-13(3)10-16-15-4-5-15/h12,14-16H,3-11H2,1-2H3. The average molecular weight is 236 g/mol. The molecule has 0 spiro atoms. The summed E-state index contributed by atoms with van der Waals surface area (Å²) in [4.78, 5) is 2.58. The van der Waals surface area contributed by atoms with E-state index in [1.807, 2.05) is 0 Å². The number of nitrogens with one attached hydrogen (secondary N) is 1. The molecule has 2 heteroatoms. The van der Waals surface area contributed by atoms with E-state index in [-0.39, 0.29) is 0 Å². The molecule has 1 aliphatic heterocycles. The largest absolute Gasteiger partial charge is 0.310 e. The van der Waals surface area contributed by atoms with Crippen molar-refractivity contribution in [2.45, 2.75) is 45.6 Å². The summed E-state index contributed by atoms with van der Waals surface area (Å²) in [5.74, 6) is 1.81. The Morgan fingerprint density at radius 3 is 2.41 bits per heavy atom. The summed E-state index contributed by atoms with van der Waals surface area (Å²) in [7, 11) is 0. The van der Waals surface area contributed by atoms with Gasteiger partial charge >= 0.3 is 0 Å². The van der Waals surface area contributed by atoms with Crippen LogP contribution in [0.5, 0.6) is 0 Å². The van der Waals surface area contributed by atoms with Crippen molar-refractivity contribution in [2.75, 3.05) is 26.2 Å². The van der Waals surface area contributed by atoms with Gasteiger partial charge in [-0.05, 0) is 56.2 Å². The normalized spacial score (nSPS) is 23.2. The highest BCUT2D eigenvalue weighted by Crippen LogP contribution is 2.24. The molecule has 2 rings (SSSR count). The van der Waals surface area contributed by atoms with Crippen LogP contribution in [0.4, 0.5) is 0 Å².